The molecule has 0 spiro atoms. The average molecular weight is 237 g/mol. The summed E-state index contributed by atoms with van der Waals surface area (Å²) in [6.45, 7) is 0.136. The highest BCUT2D eigenvalue weighted by atomic mass is 16.5. The van der Waals surface area contributed by atoms with Crippen molar-refractivity contribution in [3.63, 3.8) is 0 Å². The quantitative estimate of drug-likeness (QED) is 0.407. The summed E-state index contributed by atoms with van der Waals surface area (Å²) in [5.41, 5.74) is 0. The molecule has 2 amide bonds. The summed E-state index contributed by atoms with van der Waals surface area (Å²) in [4.78, 5) is 36.2. The Kier molecular flexibility index (Phi) is 3.26. The van der Waals surface area contributed by atoms with Crippen molar-refractivity contribution in [1.29, 1.82) is 0 Å². The fraction of sp³-hybridized carbons (Fsp3) is 0.583. The molecule has 5 nitrogen and oxygen atoms in total. The number of fused-ring (bicyclic) bond motifs is 1. The summed E-state index contributed by atoms with van der Waals surface area (Å²) in [6.07, 6.45) is 5.21. The minimum Gasteiger partial charge on any atom is -0.469 e. The molecule has 1 aliphatic carbocycles. The van der Waals surface area contributed by atoms with E-state index < -0.39 is 5.97 Å². The van der Waals surface area contributed by atoms with Crippen LogP contribution >= 0.6 is 0 Å². The topological polar surface area (TPSA) is 63.7 Å². The van der Waals surface area contributed by atoms with Gasteiger partial charge in [-0.05, 0) is 12.8 Å². The SMILES string of the molecule is COC(=O)CCN1C(=O)C2CC=CCC2C1=O. The van der Waals surface area contributed by atoms with Crippen LogP contribution in [0.25, 0.3) is 0 Å². The van der Waals surface area contributed by atoms with E-state index in [9.17, 15) is 14.4 Å². The Labute approximate surface area is 99.4 Å². The first kappa shape index (κ1) is 11.8. The molecule has 0 aromatic carbocycles. The summed E-state index contributed by atoms with van der Waals surface area (Å²) < 4.78 is 4.50. The number of likely N-dealkylation sites (tertiary alicyclic amines) is 1. The number of rotatable bonds is 3. The van der Waals surface area contributed by atoms with Gasteiger partial charge in [-0.25, -0.2) is 0 Å². The van der Waals surface area contributed by atoms with Gasteiger partial charge in [0.25, 0.3) is 0 Å². The molecule has 0 radical (unpaired) electrons. The van der Waals surface area contributed by atoms with Crippen molar-refractivity contribution < 1.29 is 19.1 Å². The molecule has 0 aromatic rings. The number of carbonyl (C=O) groups excluding carboxylic acids is 3. The monoisotopic (exact) mass is 237 g/mol. The number of nitrogens with zero attached hydrogens (tertiary/aromatic N) is 1. The van der Waals surface area contributed by atoms with Gasteiger partial charge in [-0.15, -0.1) is 0 Å². The number of amides is 2. The van der Waals surface area contributed by atoms with E-state index in [0.717, 1.165) is 0 Å². The van der Waals surface area contributed by atoms with Gasteiger partial charge in [-0.2, -0.15) is 0 Å². The molecule has 1 heterocycles. The molecule has 1 aliphatic heterocycles. The van der Waals surface area contributed by atoms with E-state index in [1.165, 1.54) is 12.0 Å². The second kappa shape index (κ2) is 4.69. The van der Waals surface area contributed by atoms with Gasteiger partial charge in [0.15, 0.2) is 0 Å². The number of hydrogen-bond donors (Lipinski definition) is 0. The lowest BCUT2D eigenvalue weighted by atomic mass is 9.85. The summed E-state index contributed by atoms with van der Waals surface area (Å²) in [5, 5.41) is 0. The summed E-state index contributed by atoms with van der Waals surface area (Å²) in [6, 6.07) is 0. The third kappa shape index (κ3) is 2.09. The largest absolute Gasteiger partial charge is 0.469 e. The van der Waals surface area contributed by atoms with Crippen LogP contribution < -0.4 is 0 Å². The van der Waals surface area contributed by atoms with Gasteiger partial charge < -0.3 is 4.74 Å². The Balaban J connectivity index is 2.02. The molecule has 2 rings (SSSR count). The van der Waals surface area contributed by atoms with Crippen molar-refractivity contribution in [2.24, 2.45) is 11.8 Å². The van der Waals surface area contributed by atoms with E-state index in [-0.39, 0.29) is 36.6 Å². The van der Waals surface area contributed by atoms with Crippen molar-refractivity contribution in [3.8, 4) is 0 Å². The lowest BCUT2D eigenvalue weighted by molar-refractivity contribution is -0.143. The molecular weight excluding hydrogens is 222 g/mol. The molecule has 2 atom stereocenters. The molecule has 5 heteroatoms. The third-order valence-corrected chi connectivity index (χ3v) is 3.37. The third-order valence-electron chi connectivity index (χ3n) is 3.37. The van der Waals surface area contributed by atoms with Crippen LogP contribution in [0.15, 0.2) is 12.2 Å². The Morgan fingerprint density at radius 1 is 1.29 bits per heavy atom. The lowest BCUT2D eigenvalue weighted by Crippen LogP contribution is -2.33. The van der Waals surface area contributed by atoms with Gasteiger partial charge in [-0.3, -0.25) is 19.3 Å². The van der Waals surface area contributed by atoms with Crippen LogP contribution in [-0.2, 0) is 19.1 Å². The standard InChI is InChI=1S/C12H15NO4/c1-17-10(14)6-7-13-11(15)8-4-2-3-5-9(8)12(13)16/h2-3,8-9H,4-7H2,1H3. The first-order valence-corrected chi connectivity index (χ1v) is 5.72. The van der Waals surface area contributed by atoms with Crippen LogP contribution in [0.4, 0.5) is 0 Å². The van der Waals surface area contributed by atoms with Crippen LogP contribution in [0.2, 0.25) is 0 Å². The summed E-state index contributed by atoms with van der Waals surface area (Å²) in [5.74, 6) is -1.13. The summed E-state index contributed by atoms with van der Waals surface area (Å²) in [7, 11) is 1.29. The zero-order valence-electron chi connectivity index (χ0n) is 9.72. The highest BCUT2D eigenvalue weighted by Gasteiger charge is 2.46. The Bertz CT molecular complexity index is 362. The zero-order chi connectivity index (χ0) is 12.4. The number of imide groups is 1. The van der Waals surface area contributed by atoms with Gasteiger partial charge in [0.2, 0.25) is 11.8 Å². The van der Waals surface area contributed by atoms with Crippen molar-refractivity contribution in [3.05, 3.63) is 12.2 Å². The van der Waals surface area contributed by atoms with Gasteiger partial charge in [0.1, 0.15) is 0 Å². The average Bonchev–Trinajstić information content (AvgIpc) is 2.60. The predicted molar refractivity (Wildman–Crippen MR) is 58.7 cm³/mol. The van der Waals surface area contributed by atoms with Gasteiger partial charge in [-0.1, -0.05) is 12.2 Å². The predicted octanol–water partition coefficient (Wildman–Crippen LogP) is 0.501. The molecule has 0 N–H and O–H groups in total. The zero-order valence-corrected chi connectivity index (χ0v) is 9.72. The Hall–Kier alpha value is -1.65. The van der Waals surface area contributed by atoms with Gasteiger partial charge >= 0.3 is 5.97 Å². The molecule has 1 saturated heterocycles. The fourth-order valence-electron chi connectivity index (χ4n) is 2.39. The Morgan fingerprint density at radius 3 is 2.29 bits per heavy atom. The first-order chi connectivity index (χ1) is 8.15. The molecule has 0 saturated carbocycles. The van der Waals surface area contributed by atoms with E-state index >= 15 is 0 Å². The molecular formula is C12H15NO4. The fourth-order valence-corrected chi connectivity index (χ4v) is 2.39. The molecule has 2 unspecified atom stereocenters. The molecule has 1 fully saturated rings. The maximum atomic E-state index is 12.0. The summed E-state index contributed by atoms with van der Waals surface area (Å²) >= 11 is 0. The number of allylic oxidation sites excluding steroid dienone is 2. The smallest absolute Gasteiger partial charge is 0.307 e. The second-order valence-electron chi connectivity index (χ2n) is 4.31. The molecule has 17 heavy (non-hydrogen) atoms. The number of esters is 1. The minimum atomic E-state index is -0.404. The second-order valence-corrected chi connectivity index (χ2v) is 4.31. The number of ether oxygens (including phenoxy) is 1. The van der Waals surface area contributed by atoms with Crippen molar-refractivity contribution in [2.45, 2.75) is 19.3 Å². The Morgan fingerprint density at radius 2 is 1.82 bits per heavy atom. The molecule has 2 aliphatic rings. The molecule has 0 aromatic heterocycles. The van der Waals surface area contributed by atoms with Crippen LogP contribution in [0, 0.1) is 11.8 Å². The number of carbonyl (C=O) groups is 3. The van der Waals surface area contributed by atoms with Crippen molar-refractivity contribution >= 4 is 17.8 Å². The normalized spacial score (nSPS) is 27.2. The first-order valence-electron chi connectivity index (χ1n) is 5.72. The number of methoxy groups -OCH3 is 1. The van der Waals surface area contributed by atoms with Crippen molar-refractivity contribution in [2.75, 3.05) is 13.7 Å². The number of hydrogen-bond acceptors (Lipinski definition) is 4. The van der Waals surface area contributed by atoms with Crippen LogP contribution in [0.1, 0.15) is 19.3 Å². The van der Waals surface area contributed by atoms with E-state index in [0.29, 0.717) is 12.8 Å². The van der Waals surface area contributed by atoms with Gasteiger partial charge in [0, 0.05) is 6.54 Å². The maximum Gasteiger partial charge on any atom is 0.307 e. The highest BCUT2D eigenvalue weighted by Crippen LogP contribution is 2.34. The van der Waals surface area contributed by atoms with Crippen LogP contribution in [0.5, 0.6) is 0 Å². The molecule has 0 bridgehead atoms. The maximum absolute atomic E-state index is 12.0. The van der Waals surface area contributed by atoms with E-state index in [1.807, 2.05) is 12.2 Å². The molecule has 92 valence electrons. The van der Waals surface area contributed by atoms with E-state index in [1.54, 1.807) is 0 Å². The van der Waals surface area contributed by atoms with Crippen LogP contribution in [0.3, 0.4) is 0 Å². The van der Waals surface area contributed by atoms with Crippen molar-refractivity contribution in [1.82, 2.24) is 4.90 Å². The van der Waals surface area contributed by atoms with E-state index in [2.05, 4.69) is 4.74 Å². The van der Waals surface area contributed by atoms with Gasteiger partial charge in [0.05, 0.1) is 25.4 Å². The van der Waals surface area contributed by atoms with Crippen LogP contribution in [-0.4, -0.2) is 36.3 Å². The lowest BCUT2D eigenvalue weighted by Gasteiger charge is -2.14. The highest BCUT2D eigenvalue weighted by molar-refractivity contribution is 6.05. The van der Waals surface area contributed by atoms with E-state index in [4.69, 9.17) is 0 Å². The minimum absolute atomic E-state index is 0.0703.